The topological polar surface area (TPSA) is 119 Å². The van der Waals surface area contributed by atoms with Gasteiger partial charge in [0.1, 0.15) is 0 Å². The maximum absolute atomic E-state index is 9.61. The normalized spacial score (nSPS) is 12.7. The molecule has 0 aromatic rings. The van der Waals surface area contributed by atoms with Gasteiger partial charge in [0.05, 0.1) is 41.2 Å². The van der Waals surface area contributed by atoms with Crippen LogP contribution in [0, 0.1) is 67.5 Å². The molecule has 5 nitrogen and oxygen atoms in total. The Balaban J connectivity index is 5.20. The smallest absolute Gasteiger partial charge is 0.0690 e. The van der Waals surface area contributed by atoms with E-state index >= 15 is 0 Å². The van der Waals surface area contributed by atoms with E-state index in [4.69, 9.17) is 15.8 Å². The second kappa shape index (κ2) is 11.1. The number of rotatable bonds is 11. The van der Waals surface area contributed by atoms with Crippen molar-refractivity contribution in [3.05, 3.63) is 0 Å². The van der Waals surface area contributed by atoms with Crippen LogP contribution in [-0.2, 0) is 0 Å². The van der Waals surface area contributed by atoms with Crippen LogP contribution < -0.4 is 0 Å². The first-order chi connectivity index (χ1) is 11.1. The third kappa shape index (κ3) is 6.83. The van der Waals surface area contributed by atoms with Crippen LogP contribution in [0.4, 0.5) is 0 Å². The van der Waals surface area contributed by atoms with E-state index in [1.807, 2.05) is 6.92 Å². The van der Waals surface area contributed by atoms with Crippen molar-refractivity contribution in [1.82, 2.24) is 0 Å². The molecule has 0 N–H and O–H groups in total. The largest absolute Gasteiger partial charge is 0.198 e. The van der Waals surface area contributed by atoms with Crippen molar-refractivity contribution in [3.63, 3.8) is 0 Å². The Labute approximate surface area is 139 Å². The van der Waals surface area contributed by atoms with Crippen molar-refractivity contribution in [2.45, 2.75) is 71.1 Å². The van der Waals surface area contributed by atoms with Gasteiger partial charge in [-0.05, 0) is 38.5 Å². The zero-order chi connectivity index (χ0) is 17.6. The number of nitrogens with zero attached hydrogens (tertiary/aromatic N) is 5. The second-order valence-electron chi connectivity index (χ2n) is 6.01. The van der Waals surface area contributed by atoms with Crippen LogP contribution in [0.5, 0.6) is 0 Å². The Morgan fingerprint density at radius 3 is 1.17 bits per heavy atom. The summed E-state index contributed by atoms with van der Waals surface area (Å²) in [5.41, 5.74) is -1.32. The summed E-state index contributed by atoms with van der Waals surface area (Å²) >= 11 is 0. The second-order valence-corrected chi connectivity index (χ2v) is 6.01. The molecule has 0 aliphatic carbocycles. The Bertz CT molecular complexity index is 543. The van der Waals surface area contributed by atoms with Crippen molar-refractivity contribution in [2.75, 3.05) is 0 Å². The van der Waals surface area contributed by atoms with E-state index < -0.39 is 10.8 Å². The summed E-state index contributed by atoms with van der Waals surface area (Å²) in [6.45, 7) is 2.00. The summed E-state index contributed by atoms with van der Waals surface area (Å²) in [5, 5.41) is 45.7. The molecule has 0 amide bonds. The highest BCUT2D eigenvalue weighted by Crippen LogP contribution is 2.42. The van der Waals surface area contributed by atoms with Gasteiger partial charge >= 0.3 is 0 Å². The summed E-state index contributed by atoms with van der Waals surface area (Å²) < 4.78 is 0. The van der Waals surface area contributed by atoms with Gasteiger partial charge in [0, 0.05) is 19.3 Å². The van der Waals surface area contributed by atoms with Gasteiger partial charge in [-0.2, -0.15) is 26.3 Å². The first kappa shape index (κ1) is 20.5. The molecule has 0 aromatic carbocycles. The number of nitriles is 5. The lowest BCUT2D eigenvalue weighted by molar-refractivity contribution is 0.227. The molecule has 0 rings (SSSR count). The van der Waals surface area contributed by atoms with Crippen LogP contribution in [0.25, 0.3) is 0 Å². The molecule has 1 unspecified atom stereocenters. The predicted molar refractivity (Wildman–Crippen MR) is 84.8 cm³/mol. The molecule has 0 aliphatic rings. The number of hydrogen-bond donors (Lipinski definition) is 0. The molecule has 0 aliphatic heterocycles. The van der Waals surface area contributed by atoms with Gasteiger partial charge in [0.2, 0.25) is 0 Å². The zero-order valence-corrected chi connectivity index (χ0v) is 13.8. The maximum atomic E-state index is 9.61. The van der Waals surface area contributed by atoms with Gasteiger partial charge in [-0.3, -0.25) is 0 Å². The third-order valence-corrected chi connectivity index (χ3v) is 4.43. The third-order valence-electron chi connectivity index (χ3n) is 4.43. The van der Waals surface area contributed by atoms with Crippen LogP contribution >= 0.6 is 0 Å². The van der Waals surface area contributed by atoms with Crippen LogP contribution in [-0.4, -0.2) is 0 Å². The predicted octanol–water partition coefficient (Wildman–Crippen LogP) is 4.50. The minimum Gasteiger partial charge on any atom is -0.198 e. The van der Waals surface area contributed by atoms with Gasteiger partial charge in [0.25, 0.3) is 0 Å². The highest BCUT2D eigenvalue weighted by molar-refractivity contribution is 5.06. The van der Waals surface area contributed by atoms with E-state index in [1.165, 1.54) is 0 Å². The molecule has 0 aromatic heterocycles. The fourth-order valence-electron chi connectivity index (χ4n) is 2.93. The van der Waals surface area contributed by atoms with Crippen molar-refractivity contribution < 1.29 is 0 Å². The lowest BCUT2D eigenvalue weighted by atomic mass is 9.69. The fourth-order valence-corrected chi connectivity index (χ4v) is 2.93. The summed E-state index contributed by atoms with van der Waals surface area (Å²) in [7, 11) is 0. The van der Waals surface area contributed by atoms with E-state index in [-0.39, 0.29) is 12.8 Å². The lowest BCUT2D eigenvalue weighted by Crippen LogP contribution is -2.25. The lowest BCUT2D eigenvalue weighted by Gasteiger charge is -2.31. The molecule has 0 saturated carbocycles. The Morgan fingerprint density at radius 1 is 0.565 bits per heavy atom. The van der Waals surface area contributed by atoms with Crippen LogP contribution in [0.1, 0.15) is 71.1 Å². The van der Waals surface area contributed by atoms with Crippen molar-refractivity contribution in [1.29, 1.82) is 26.3 Å². The van der Waals surface area contributed by atoms with E-state index in [9.17, 15) is 10.5 Å². The fraction of sp³-hybridized carbons (Fsp3) is 0.722. The minimum absolute atomic E-state index is 0.268. The van der Waals surface area contributed by atoms with Gasteiger partial charge < -0.3 is 0 Å². The van der Waals surface area contributed by atoms with Crippen LogP contribution in [0.15, 0.2) is 0 Å². The van der Waals surface area contributed by atoms with E-state index in [0.29, 0.717) is 44.9 Å². The van der Waals surface area contributed by atoms with E-state index in [1.54, 1.807) is 0 Å². The molecule has 0 saturated heterocycles. The zero-order valence-electron chi connectivity index (χ0n) is 13.8. The summed E-state index contributed by atoms with van der Waals surface area (Å²) in [6.07, 6.45) is 4.78. The maximum Gasteiger partial charge on any atom is 0.0690 e. The van der Waals surface area contributed by atoms with Crippen LogP contribution in [0.3, 0.4) is 0 Å². The molecule has 0 spiro atoms. The Hall–Kier alpha value is -2.55. The minimum atomic E-state index is -0.728. The number of hydrogen-bond acceptors (Lipinski definition) is 5. The first-order valence-corrected chi connectivity index (χ1v) is 8.01. The monoisotopic (exact) mass is 309 g/mol. The average molecular weight is 309 g/mol. The highest BCUT2D eigenvalue weighted by Gasteiger charge is 2.35. The molecule has 120 valence electrons. The molecular formula is C18H23N5. The quantitative estimate of drug-likeness (QED) is 0.556. The standard InChI is InChI=1S/C18H23N5/c1-2-6-17(15-22,7-3-12-19)10-11-18(16-23,8-4-13-20)9-5-14-21/h2-11H2,1H3. The van der Waals surface area contributed by atoms with Gasteiger partial charge in [-0.1, -0.05) is 13.3 Å². The molecule has 1 atom stereocenters. The Kier molecular flexibility index (Phi) is 9.85. The summed E-state index contributed by atoms with van der Waals surface area (Å²) in [5.74, 6) is 0. The van der Waals surface area contributed by atoms with Crippen molar-refractivity contribution in [2.24, 2.45) is 10.8 Å². The molecule has 0 fully saturated rings. The highest BCUT2D eigenvalue weighted by atomic mass is 14.4. The van der Waals surface area contributed by atoms with Crippen molar-refractivity contribution in [3.8, 4) is 30.3 Å². The van der Waals surface area contributed by atoms with Gasteiger partial charge in [0.15, 0.2) is 0 Å². The molecule has 0 heterocycles. The summed E-state index contributed by atoms with van der Waals surface area (Å²) in [6, 6.07) is 10.9. The first-order valence-electron chi connectivity index (χ1n) is 8.01. The molecule has 23 heavy (non-hydrogen) atoms. The van der Waals surface area contributed by atoms with Gasteiger partial charge in [-0.15, -0.1) is 0 Å². The summed E-state index contributed by atoms with van der Waals surface area (Å²) in [4.78, 5) is 0. The van der Waals surface area contributed by atoms with E-state index in [2.05, 4.69) is 30.3 Å². The molecular weight excluding hydrogens is 286 g/mol. The Morgan fingerprint density at radius 2 is 0.913 bits per heavy atom. The van der Waals surface area contributed by atoms with Crippen molar-refractivity contribution >= 4 is 0 Å². The van der Waals surface area contributed by atoms with Gasteiger partial charge in [-0.25, -0.2) is 0 Å². The SMILES string of the molecule is CCCC(C#N)(CCC#N)CCC(C#N)(CCC#N)CCC#N. The van der Waals surface area contributed by atoms with Crippen LogP contribution in [0.2, 0.25) is 0 Å². The van der Waals surface area contributed by atoms with E-state index in [0.717, 1.165) is 6.42 Å². The average Bonchev–Trinajstić information content (AvgIpc) is 2.59. The molecule has 0 bridgehead atoms. The molecule has 5 heteroatoms. The molecule has 0 radical (unpaired) electrons.